The minimum absolute atomic E-state index is 0.125. The number of hydrogen-bond donors (Lipinski definition) is 1. The molecular weight excluding hydrogens is 488 g/mol. The molecule has 0 saturated heterocycles. The lowest BCUT2D eigenvalue weighted by Gasteiger charge is -2.12. The van der Waals surface area contributed by atoms with E-state index in [1.165, 1.54) is 11.3 Å². The number of benzene rings is 2. The van der Waals surface area contributed by atoms with Gasteiger partial charge >= 0.3 is 0 Å². The first-order valence-corrected chi connectivity index (χ1v) is 11.4. The van der Waals surface area contributed by atoms with Gasteiger partial charge in [-0.25, -0.2) is 4.98 Å². The van der Waals surface area contributed by atoms with Gasteiger partial charge in [0.15, 0.2) is 11.7 Å². The van der Waals surface area contributed by atoms with Crippen LogP contribution in [0.15, 0.2) is 40.2 Å². The number of aromatic nitrogens is 1. The van der Waals surface area contributed by atoms with Gasteiger partial charge in [0.1, 0.15) is 11.5 Å². The third kappa shape index (κ3) is 5.53. The predicted octanol–water partition coefficient (Wildman–Crippen LogP) is 6.65. The maximum absolute atomic E-state index is 12.3. The van der Waals surface area contributed by atoms with Gasteiger partial charge in [0.05, 0.1) is 16.3 Å². The van der Waals surface area contributed by atoms with Crippen LogP contribution in [0, 0.1) is 13.8 Å². The molecule has 158 valence electrons. The Morgan fingerprint density at radius 2 is 1.97 bits per heavy atom. The molecule has 0 aliphatic heterocycles. The summed E-state index contributed by atoms with van der Waals surface area (Å²) in [6.07, 6.45) is 0.125. The molecule has 0 atom stereocenters. The maximum Gasteiger partial charge on any atom is 0.264 e. The van der Waals surface area contributed by atoms with Gasteiger partial charge in [-0.15, -0.1) is 11.3 Å². The minimum atomic E-state index is -0.284. The molecule has 30 heavy (non-hydrogen) atoms. The molecule has 8 heteroatoms. The molecule has 5 nitrogen and oxygen atoms in total. The molecule has 1 N–H and O–H groups in total. The number of anilines is 1. The second-order valence-corrected chi connectivity index (χ2v) is 9.04. The number of carbonyl (C=O) groups excluding carboxylic acids is 1. The number of ether oxygens (including phenoxy) is 2. The summed E-state index contributed by atoms with van der Waals surface area (Å²) < 4.78 is 12.1. The summed E-state index contributed by atoms with van der Waals surface area (Å²) in [4.78, 5) is 16.8. The molecule has 0 fully saturated rings. The highest BCUT2D eigenvalue weighted by Crippen LogP contribution is 2.35. The van der Waals surface area contributed by atoms with Gasteiger partial charge in [-0.1, -0.05) is 11.6 Å². The van der Waals surface area contributed by atoms with E-state index in [1.807, 2.05) is 57.3 Å². The molecule has 3 aromatic rings. The summed E-state index contributed by atoms with van der Waals surface area (Å²) in [6, 6.07) is 9.53. The lowest BCUT2D eigenvalue weighted by molar-refractivity contribution is -0.118. The third-order valence-corrected chi connectivity index (χ3v) is 6.52. The highest BCUT2D eigenvalue weighted by atomic mass is 79.9. The van der Waals surface area contributed by atoms with Gasteiger partial charge in [-0.2, -0.15) is 0 Å². The van der Waals surface area contributed by atoms with Crippen molar-refractivity contribution in [1.82, 2.24) is 4.98 Å². The van der Waals surface area contributed by atoms with Crippen molar-refractivity contribution in [2.75, 3.05) is 11.9 Å². The Morgan fingerprint density at radius 1 is 1.27 bits per heavy atom. The Hall–Kier alpha value is -2.09. The van der Waals surface area contributed by atoms with Gasteiger partial charge in [0.25, 0.3) is 5.91 Å². The van der Waals surface area contributed by atoms with Crippen LogP contribution in [0.3, 0.4) is 0 Å². The molecule has 0 aliphatic rings. The normalized spacial score (nSPS) is 10.9. The van der Waals surface area contributed by atoms with Crippen LogP contribution < -0.4 is 14.8 Å². The van der Waals surface area contributed by atoms with Crippen molar-refractivity contribution in [3.8, 4) is 22.8 Å². The summed E-state index contributed by atoms with van der Waals surface area (Å²) in [7, 11) is 0. The number of rotatable bonds is 7. The number of nitrogens with zero attached hydrogens (tertiary/aromatic N) is 1. The van der Waals surface area contributed by atoms with Crippen LogP contribution in [0.4, 0.5) is 5.13 Å². The Bertz CT molecular complexity index is 1050. The first kappa shape index (κ1) is 22.6. The van der Waals surface area contributed by atoms with Crippen LogP contribution in [0.25, 0.3) is 11.3 Å². The van der Waals surface area contributed by atoms with Crippen LogP contribution >= 0.6 is 38.9 Å². The predicted molar refractivity (Wildman–Crippen MR) is 126 cm³/mol. The van der Waals surface area contributed by atoms with Crippen LogP contribution in [0.5, 0.6) is 11.5 Å². The van der Waals surface area contributed by atoms with Crippen molar-refractivity contribution < 1.29 is 14.3 Å². The third-order valence-electron chi connectivity index (χ3n) is 4.20. The molecular formula is C22H22BrClN2O3S. The first-order valence-electron chi connectivity index (χ1n) is 9.35. The van der Waals surface area contributed by atoms with Gasteiger partial charge in [0.2, 0.25) is 0 Å². The Kier molecular flexibility index (Phi) is 7.39. The number of carbonyl (C=O) groups is 1. The zero-order valence-corrected chi connectivity index (χ0v) is 20.2. The van der Waals surface area contributed by atoms with E-state index in [1.54, 1.807) is 6.07 Å². The molecule has 0 unspecified atom stereocenters. The monoisotopic (exact) mass is 508 g/mol. The number of aryl methyl sites for hydroxylation is 1. The van der Waals surface area contributed by atoms with E-state index in [-0.39, 0.29) is 18.6 Å². The van der Waals surface area contributed by atoms with Crippen molar-refractivity contribution >= 4 is 49.9 Å². The second-order valence-electron chi connectivity index (χ2n) is 7.01. The molecule has 1 aromatic heterocycles. The van der Waals surface area contributed by atoms with E-state index >= 15 is 0 Å². The molecule has 0 spiro atoms. The fraction of sp³-hybridized carbons (Fsp3) is 0.273. The van der Waals surface area contributed by atoms with E-state index in [0.717, 1.165) is 32.6 Å². The zero-order valence-electron chi connectivity index (χ0n) is 17.1. The summed E-state index contributed by atoms with van der Waals surface area (Å²) in [5, 5.41) is 5.87. The van der Waals surface area contributed by atoms with Crippen molar-refractivity contribution in [1.29, 1.82) is 0 Å². The average molecular weight is 510 g/mol. The topological polar surface area (TPSA) is 60.5 Å². The molecule has 1 amide bonds. The molecule has 3 rings (SSSR count). The van der Waals surface area contributed by atoms with Crippen LogP contribution in [0.2, 0.25) is 5.02 Å². The van der Waals surface area contributed by atoms with Gasteiger partial charge in [0, 0.05) is 16.0 Å². The van der Waals surface area contributed by atoms with Crippen molar-refractivity contribution in [3.63, 3.8) is 0 Å². The largest absolute Gasteiger partial charge is 0.491 e. The molecule has 2 aromatic carbocycles. The van der Waals surface area contributed by atoms with Crippen molar-refractivity contribution in [2.24, 2.45) is 0 Å². The van der Waals surface area contributed by atoms with Crippen LogP contribution in [-0.4, -0.2) is 23.6 Å². The van der Waals surface area contributed by atoms with Crippen molar-refractivity contribution in [3.05, 3.63) is 56.3 Å². The van der Waals surface area contributed by atoms with Crippen LogP contribution in [0.1, 0.15) is 25.0 Å². The highest BCUT2D eigenvalue weighted by molar-refractivity contribution is 9.10. The standard InChI is InChI=1S/C22H22BrClN2O3S/c1-12(2)29-16-7-5-15(6-8-16)17-11-30-22(25-17)26-19(27)10-28-18-9-13(3)21(24)14(4)20(18)23/h5-9,11-12H,10H2,1-4H3,(H,25,26,27). The van der Waals surface area contributed by atoms with E-state index in [9.17, 15) is 4.79 Å². The van der Waals surface area contributed by atoms with Gasteiger partial charge in [-0.3, -0.25) is 10.1 Å². The molecule has 0 saturated carbocycles. The maximum atomic E-state index is 12.3. The summed E-state index contributed by atoms with van der Waals surface area (Å²) in [5.41, 5.74) is 3.51. The van der Waals surface area contributed by atoms with E-state index in [2.05, 4.69) is 26.2 Å². The SMILES string of the molecule is Cc1cc(OCC(=O)Nc2nc(-c3ccc(OC(C)C)cc3)cs2)c(Br)c(C)c1Cl. The summed E-state index contributed by atoms with van der Waals surface area (Å²) >= 11 is 11.1. The lowest BCUT2D eigenvalue weighted by atomic mass is 10.1. The van der Waals surface area contributed by atoms with E-state index in [0.29, 0.717) is 15.9 Å². The molecule has 0 bridgehead atoms. The minimum Gasteiger partial charge on any atom is -0.491 e. The number of thiazole rings is 1. The summed E-state index contributed by atoms with van der Waals surface area (Å²) in [6.45, 7) is 7.63. The van der Waals surface area contributed by atoms with Crippen LogP contribution in [-0.2, 0) is 4.79 Å². The molecule has 0 radical (unpaired) electrons. The first-order chi connectivity index (χ1) is 14.2. The zero-order chi connectivity index (χ0) is 21.8. The Labute approximate surface area is 193 Å². The van der Waals surface area contributed by atoms with Crippen molar-refractivity contribution in [2.45, 2.75) is 33.8 Å². The Morgan fingerprint density at radius 3 is 2.63 bits per heavy atom. The number of hydrogen-bond acceptors (Lipinski definition) is 5. The number of nitrogens with one attached hydrogen (secondary N) is 1. The molecule has 1 heterocycles. The lowest BCUT2D eigenvalue weighted by Crippen LogP contribution is -2.20. The van der Waals surface area contributed by atoms with Gasteiger partial charge < -0.3 is 9.47 Å². The summed E-state index contributed by atoms with van der Waals surface area (Å²) in [5.74, 6) is 1.11. The fourth-order valence-corrected chi connectivity index (χ4v) is 4.17. The quantitative estimate of drug-likeness (QED) is 0.387. The van der Waals surface area contributed by atoms with Gasteiger partial charge in [-0.05, 0) is 85.1 Å². The van der Waals surface area contributed by atoms with E-state index in [4.69, 9.17) is 21.1 Å². The molecule has 0 aliphatic carbocycles. The highest BCUT2D eigenvalue weighted by Gasteiger charge is 2.14. The fourth-order valence-electron chi connectivity index (χ4n) is 2.74. The average Bonchev–Trinajstić information content (AvgIpc) is 3.16. The number of halogens is 2. The second kappa shape index (κ2) is 9.81. The smallest absolute Gasteiger partial charge is 0.264 e. The van der Waals surface area contributed by atoms with E-state index < -0.39 is 0 Å². The number of amides is 1. The Balaban J connectivity index is 1.60.